The first kappa shape index (κ1) is 22.5. The second kappa shape index (κ2) is 10.8. The number of rotatable bonds is 9. The van der Waals surface area contributed by atoms with Crippen LogP contribution in [0.4, 0.5) is 23.1 Å². The molecule has 168 valence electrons. The SMILES string of the molecule is NC(Cc1ccccc1)C(=O)Nc1cccc(Nc2ncc(Br)c(NCc3ccco3)n2)c1. The van der Waals surface area contributed by atoms with Crippen LogP contribution in [0.1, 0.15) is 11.3 Å². The van der Waals surface area contributed by atoms with Gasteiger partial charge in [0.1, 0.15) is 11.6 Å². The van der Waals surface area contributed by atoms with Crippen LogP contribution >= 0.6 is 15.9 Å². The molecule has 33 heavy (non-hydrogen) atoms. The van der Waals surface area contributed by atoms with E-state index in [2.05, 4.69) is 41.8 Å². The number of nitrogens with zero attached hydrogens (tertiary/aromatic N) is 2. The number of carbonyl (C=O) groups is 1. The van der Waals surface area contributed by atoms with Crippen molar-refractivity contribution in [3.8, 4) is 0 Å². The average molecular weight is 507 g/mol. The highest BCUT2D eigenvalue weighted by molar-refractivity contribution is 9.10. The van der Waals surface area contributed by atoms with Crippen molar-refractivity contribution in [3.05, 3.63) is 95.0 Å². The summed E-state index contributed by atoms with van der Waals surface area (Å²) < 4.78 is 6.07. The molecule has 4 rings (SSSR count). The number of nitrogens with one attached hydrogen (secondary N) is 3. The Hall–Kier alpha value is -3.69. The van der Waals surface area contributed by atoms with Gasteiger partial charge in [0.2, 0.25) is 11.9 Å². The minimum absolute atomic E-state index is 0.250. The van der Waals surface area contributed by atoms with Crippen molar-refractivity contribution in [1.82, 2.24) is 9.97 Å². The fourth-order valence-corrected chi connectivity index (χ4v) is 3.47. The molecule has 8 nitrogen and oxygen atoms in total. The van der Waals surface area contributed by atoms with Crippen LogP contribution in [0.3, 0.4) is 0 Å². The molecule has 9 heteroatoms. The molecule has 0 aliphatic carbocycles. The molecule has 1 atom stereocenters. The smallest absolute Gasteiger partial charge is 0.241 e. The zero-order valence-corrected chi connectivity index (χ0v) is 19.2. The first-order valence-electron chi connectivity index (χ1n) is 10.3. The summed E-state index contributed by atoms with van der Waals surface area (Å²) in [6.07, 6.45) is 3.75. The Labute approximate surface area is 199 Å². The lowest BCUT2D eigenvalue weighted by Gasteiger charge is -2.14. The second-order valence-electron chi connectivity index (χ2n) is 7.31. The molecule has 1 unspecified atom stereocenters. The largest absolute Gasteiger partial charge is 0.467 e. The number of halogens is 1. The van der Waals surface area contributed by atoms with Gasteiger partial charge in [0.05, 0.1) is 23.3 Å². The Balaban J connectivity index is 1.38. The van der Waals surface area contributed by atoms with Gasteiger partial charge in [-0.25, -0.2) is 4.98 Å². The van der Waals surface area contributed by atoms with E-state index in [1.54, 1.807) is 24.6 Å². The number of benzene rings is 2. The Morgan fingerprint density at radius 3 is 2.67 bits per heavy atom. The van der Waals surface area contributed by atoms with Gasteiger partial charge < -0.3 is 26.1 Å². The summed E-state index contributed by atoms with van der Waals surface area (Å²) >= 11 is 3.45. The molecule has 0 saturated heterocycles. The van der Waals surface area contributed by atoms with Crippen molar-refractivity contribution in [3.63, 3.8) is 0 Å². The fraction of sp³-hybridized carbons (Fsp3) is 0.125. The van der Waals surface area contributed by atoms with Gasteiger partial charge in [-0.05, 0) is 58.2 Å². The van der Waals surface area contributed by atoms with E-state index in [0.29, 0.717) is 30.4 Å². The molecule has 4 aromatic rings. The number of nitrogens with two attached hydrogens (primary N) is 1. The van der Waals surface area contributed by atoms with Gasteiger partial charge in [-0.3, -0.25) is 4.79 Å². The Kier molecular flexibility index (Phi) is 7.33. The van der Waals surface area contributed by atoms with Gasteiger partial charge in [-0.15, -0.1) is 0 Å². The molecule has 5 N–H and O–H groups in total. The fourth-order valence-electron chi connectivity index (χ4n) is 3.13. The van der Waals surface area contributed by atoms with E-state index in [1.807, 2.05) is 54.6 Å². The Morgan fingerprint density at radius 1 is 1.06 bits per heavy atom. The molecule has 0 radical (unpaired) electrons. The normalized spacial score (nSPS) is 11.6. The number of aromatic nitrogens is 2. The summed E-state index contributed by atoms with van der Waals surface area (Å²) in [5.41, 5.74) is 8.45. The lowest BCUT2D eigenvalue weighted by atomic mass is 10.1. The first-order chi connectivity index (χ1) is 16.1. The van der Waals surface area contributed by atoms with Crippen LogP contribution in [0.15, 0.2) is 88.1 Å². The van der Waals surface area contributed by atoms with Crippen LogP contribution in [0.25, 0.3) is 0 Å². The summed E-state index contributed by atoms with van der Waals surface area (Å²) in [4.78, 5) is 21.3. The third-order valence-corrected chi connectivity index (χ3v) is 5.36. The van der Waals surface area contributed by atoms with E-state index in [-0.39, 0.29) is 5.91 Å². The van der Waals surface area contributed by atoms with Crippen molar-refractivity contribution in [1.29, 1.82) is 0 Å². The van der Waals surface area contributed by atoms with Crippen LogP contribution in [-0.4, -0.2) is 21.9 Å². The van der Waals surface area contributed by atoms with Crippen molar-refractivity contribution in [2.45, 2.75) is 19.0 Å². The van der Waals surface area contributed by atoms with Gasteiger partial charge in [-0.1, -0.05) is 36.4 Å². The van der Waals surface area contributed by atoms with Gasteiger partial charge in [0.25, 0.3) is 0 Å². The highest BCUT2D eigenvalue weighted by Crippen LogP contribution is 2.24. The average Bonchev–Trinajstić information content (AvgIpc) is 3.34. The third-order valence-electron chi connectivity index (χ3n) is 4.78. The summed E-state index contributed by atoms with van der Waals surface area (Å²) in [5.74, 6) is 1.58. The predicted octanol–water partition coefficient (Wildman–Crippen LogP) is 4.70. The zero-order valence-electron chi connectivity index (χ0n) is 17.7. The molecule has 2 aromatic heterocycles. The number of furan rings is 1. The van der Waals surface area contributed by atoms with Crippen molar-refractivity contribution in [2.75, 3.05) is 16.0 Å². The highest BCUT2D eigenvalue weighted by Gasteiger charge is 2.14. The lowest BCUT2D eigenvalue weighted by molar-refractivity contribution is -0.117. The molecule has 0 fully saturated rings. The standard InChI is InChI=1S/C24H23BrN6O2/c25-20-15-28-24(31-22(20)27-14-19-10-5-11-33-19)30-18-9-4-8-17(13-18)29-23(32)21(26)12-16-6-2-1-3-7-16/h1-11,13,15,21H,12,14,26H2,(H,29,32)(H2,27,28,30,31). The maximum absolute atomic E-state index is 12.5. The van der Waals surface area contributed by atoms with E-state index in [0.717, 1.165) is 21.5 Å². The number of anilines is 4. The molecule has 1 amide bonds. The molecule has 2 aromatic carbocycles. The van der Waals surface area contributed by atoms with Crippen molar-refractivity contribution in [2.24, 2.45) is 5.73 Å². The molecule has 2 heterocycles. The molecule has 0 saturated carbocycles. The first-order valence-corrected chi connectivity index (χ1v) is 11.1. The number of hydrogen-bond acceptors (Lipinski definition) is 7. The van der Waals surface area contributed by atoms with Crippen molar-refractivity contribution < 1.29 is 9.21 Å². The quantitative estimate of drug-likeness (QED) is 0.260. The molecule has 0 spiro atoms. The topological polar surface area (TPSA) is 118 Å². The monoisotopic (exact) mass is 506 g/mol. The summed E-state index contributed by atoms with van der Waals surface area (Å²) in [6, 6.07) is 20.0. The van der Waals surface area contributed by atoms with Crippen LogP contribution < -0.4 is 21.7 Å². The second-order valence-corrected chi connectivity index (χ2v) is 8.17. The molecular weight excluding hydrogens is 484 g/mol. The number of carbonyl (C=O) groups excluding carboxylic acids is 1. The zero-order chi connectivity index (χ0) is 23.0. The highest BCUT2D eigenvalue weighted by atomic mass is 79.9. The lowest BCUT2D eigenvalue weighted by Crippen LogP contribution is -2.37. The third kappa shape index (κ3) is 6.41. The van der Waals surface area contributed by atoms with Gasteiger partial charge in [-0.2, -0.15) is 4.98 Å². The Bertz CT molecular complexity index is 1200. The van der Waals surface area contributed by atoms with Crippen LogP contribution in [0.2, 0.25) is 0 Å². The number of amides is 1. The number of hydrogen-bond donors (Lipinski definition) is 4. The Morgan fingerprint density at radius 2 is 1.88 bits per heavy atom. The summed E-state index contributed by atoms with van der Waals surface area (Å²) in [6.45, 7) is 0.493. The van der Waals surface area contributed by atoms with Crippen LogP contribution in [-0.2, 0) is 17.8 Å². The van der Waals surface area contributed by atoms with E-state index >= 15 is 0 Å². The van der Waals surface area contributed by atoms with Gasteiger partial charge in [0.15, 0.2) is 0 Å². The molecule has 0 aliphatic heterocycles. The maximum atomic E-state index is 12.5. The van der Waals surface area contributed by atoms with Crippen LogP contribution in [0, 0.1) is 0 Å². The van der Waals surface area contributed by atoms with Crippen LogP contribution in [0.5, 0.6) is 0 Å². The van der Waals surface area contributed by atoms with Gasteiger partial charge >= 0.3 is 0 Å². The van der Waals surface area contributed by atoms with E-state index in [9.17, 15) is 4.79 Å². The van der Waals surface area contributed by atoms with E-state index < -0.39 is 6.04 Å². The predicted molar refractivity (Wildman–Crippen MR) is 132 cm³/mol. The minimum atomic E-state index is -0.651. The molecule has 0 aliphatic rings. The summed E-state index contributed by atoms with van der Waals surface area (Å²) in [7, 11) is 0. The molecule has 0 bridgehead atoms. The van der Waals surface area contributed by atoms with E-state index in [1.165, 1.54) is 0 Å². The van der Waals surface area contributed by atoms with Gasteiger partial charge in [0, 0.05) is 17.6 Å². The minimum Gasteiger partial charge on any atom is -0.467 e. The van der Waals surface area contributed by atoms with E-state index in [4.69, 9.17) is 10.2 Å². The maximum Gasteiger partial charge on any atom is 0.241 e. The summed E-state index contributed by atoms with van der Waals surface area (Å²) in [5, 5.41) is 9.24. The molecular formula is C24H23BrN6O2. The van der Waals surface area contributed by atoms with Crippen molar-refractivity contribution >= 4 is 45.0 Å².